The largest absolute Gasteiger partial charge is 0.335 e. The predicted molar refractivity (Wildman–Crippen MR) is 58.8 cm³/mol. The zero-order valence-corrected chi connectivity index (χ0v) is 9.64. The normalized spacial score (nSPS) is 25.7. The van der Waals surface area contributed by atoms with Crippen LogP contribution in [0.4, 0.5) is 4.79 Å². The zero-order chi connectivity index (χ0) is 11.3. The summed E-state index contributed by atoms with van der Waals surface area (Å²) in [4.78, 5) is 22.1. The van der Waals surface area contributed by atoms with E-state index in [4.69, 9.17) is 11.6 Å². The summed E-state index contributed by atoms with van der Waals surface area (Å²) in [6.45, 7) is 2.18. The molecule has 2 atom stereocenters. The molecule has 1 aliphatic carbocycles. The van der Waals surface area contributed by atoms with E-state index >= 15 is 0 Å². The predicted octanol–water partition coefficient (Wildman–Crippen LogP) is 1.63. The number of rotatable bonds is 2. The summed E-state index contributed by atoms with van der Waals surface area (Å²) in [5.41, 5.74) is 0. The van der Waals surface area contributed by atoms with Crippen LogP contribution in [0.1, 0.15) is 32.6 Å². The maximum atomic E-state index is 11.3. The molecule has 5 heteroatoms. The molecule has 1 fully saturated rings. The first kappa shape index (κ1) is 12.3. The number of halogens is 1. The van der Waals surface area contributed by atoms with Crippen molar-refractivity contribution in [2.75, 3.05) is 5.88 Å². The molecule has 0 radical (unpaired) electrons. The van der Waals surface area contributed by atoms with E-state index in [1.54, 1.807) is 0 Å². The Balaban J connectivity index is 2.27. The van der Waals surface area contributed by atoms with E-state index in [0.29, 0.717) is 5.92 Å². The smallest absolute Gasteiger partial charge is 0.321 e. The van der Waals surface area contributed by atoms with Crippen molar-refractivity contribution in [2.24, 2.45) is 5.92 Å². The number of alkyl halides is 1. The van der Waals surface area contributed by atoms with Gasteiger partial charge < -0.3 is 5.32 Å². The van der Waals surface area contributed by atoms with Crippen molar-refractivity contribution in [3.8, 4) is 0 Å². The minimum Gasteiger partial charge on any atom is -0.335 e. The summed E-state index contributed by atoms with van der Waals surface area (Å²) in [5, 5.41) is 4.96. The van der Waals surface area contributed by atoms with Crippen molar-refractivity contribution in [3.63, 3.8) is 0 Å². The van der Waals surface area contributed by atoms with Gasteiger partial charge in [-0.15, -0.1) is 11.6 Å². The van der Waals surface area contributed by atoms with Gasteiger partial charge in [-0.1, -0.05) is 19.8 Å². The minimum absolute atomic E-state index is 0.186. The van der Waals surface area contributed by atoms with Crippen LogP contribution in [-0.4, -0.2) is 23.9 Å². The van der Waals surface area contributed by atoms with E-state index < -0.39 is 11.9 Å². The fraction of sp³-hybridized carbons (Fsp3) is 0.800. The van der Waals surface area contributed by atoms with Gasteiger partial charge >= 0.3 is 6.03 Å². The van der Waals surface area contributed by atoms with Crippen LogP contribution in [0.2, 0.25) is 0 Å². The molecule has 0 aromatic rings. The van der Waals surface area contributed by atoms with Gasteiger partial charge in [0, 0.05) is 6.04 Å². The average molecular weight is 233 g/mol. The second-order valence-electron chi connectivity index (χ2n) is 4.12. The molecule has 86 valence electrons. The minimum atomic E-state index is -0.460. The van der Waals surface area contributed by atoms with Crippen LogP contribution < -0.4 is 10.6 Å². The molecule has 0 spiro atoms. The topological polar surface area (TPSA) is 58.2 Å². The van der Waals surface area contributed by atoms with Crippen molar-refractivity contribution in [1.29, 1.82) is 0 Å². The van der Waals surface area contributed by atoms with E-state index in [0.717, 1.165) is 19.3 Å². The molecule has 0 aromatic carbocycles. The number of amides is 3. The van der Waals surface area contributed by atoms with Crippen molar-refractivity contribution >= 4 is 23.5 Å². The fourth-order valence-electron chi connectivity index (χ4n) is 1.95. The first-order valence-corrected chi connectivity index (χ1v) is 5.81. The number of carbonyl (C=O) groups is 2. The maximum absolute atomic E-state index is 11.3. The van der Waals surface area contributed by atoms with Gasteiger partial charge in [0.25, 0.3) is 0 Å². The quantitative estimate of drug-likeness (QED) is 0.711. The lowest BCUT2D eigenvalue weighted by Crippen LogP contribution is -2.46. The van der Waals surface area contributed by atoms with Crippen molar-refractivity contribution in [2.45, 2.75) is 38.6 Å². The molecule has 4 nitrogen and oxygen atoms in total. The maximum Gasteiger partial charge on any atom is 0.321 e. The molecule has 1 saturated carbocycles. The van der Waals surface area contributed by atoms with E-state index in [1.807, 2.05) is 0 Å². The second-order valence-corrected chi connectivity index (χ2v) is 4.39. The van der Waals surface area contributed by atoms with Crippen LogP contribution in [0.25, 0.3) is 0 Å². The van der Waals surface area contributed by atoms with Gasteiger partial charge in [0.15, 0.2) is 0 Å². The van der Waals surface area contributed by atoms with Gasteiger partial charge in [0.05, 0.1) is 0 Å². The highest BCUT2D eigenvalue weighted by Crippen LogP contribution is 2.23. The Bertz CT molecular complexity index is 246. The van der Waals surface area contributed by atoms with Gasteiger partial charge in [-0.2, -0.15) is 0 Å². The van der Waals surface area contributed by atoms with E-state index in [-0.39, 0.29) is 11.9 Å². The molecule has 2 unspecified atom stereocenters. The third-order valence-electron chi connectivity index (χ3n) is 2.65. The van der Waals surface area contributed by atoms with Crippen LogP contribution in [0.3, 0.4) is 0 Å². The monoisotopic (exact) mass is 232 g/mol. The van der Waals surface area contributed by atoms with E-state index in [2.05, 4.69) is 17.6 Å². The van der Waals surface area contributed by atoms with Gasteiger partial charge in [-0.25, -0.2) is 4.79 Å². The molecular formula is C10H17ClN2O2. The third-order valence-corrected chi connectivity index (χ3v) is 2.89. The number of imide groups is 1. The zero-order valence-electron chi connectivity index (χ0n) is 8.88. The number of hydrogen-bond acceptors (Lipinski definition) is 2. The van der Waals surface area contributed by atoms with Crippen molar-refractivity contribution in [3.05, 3.63) is 0 Å². The Morgan fingerprint density at radius 1 is 1.40 bits per heavy atom. The van der Waals surface area contributed by atoms with E-state index in [9.17, 15) is 9.59 Å². The molecule has 3 amide bonds. The number of hydrogen-bond donors (Lipinski definition) is 2. The molecular weight excluding hydrogens is 216 g/mol. The number of urea groups is 1. The molecule has 0 aliphatic heterocycles. The lowest BCUT2D eigenvalue weighted by molar-refractivity contribution is -0.117. The summed E-state index contributed by atoms with van der Waals surface area (Å²) in [5.74, 6) is -0.0000936. The van der Waals surface area contributed by atoms with Crippen LogP contribution in [0.5, 0.6) is 0 Å². The third kappa shape index (κ3) is 4.51. The number of nitrogens with one attached hydrogen (secondary N) is 2. The number of carbonyl (C=O) groups excluding carboxylic acids is 2. The van der Waals surface area contributed by atoms with Crippen molar-refractivity contribution in [1.82, 2.24) is 10.6 Å². The second kappa shape index (κ2) is 5.95. The summed E-state index contributed by atoms with van der Waals surface area (Å²) in [7, 11) is 0. The first-order valence-electron chi connectivity index (χ1n) is 5.28. The molecule has 1 rings (SSSR count). The van der Waals surface area contributed by atoms with Gasteiger partial charge in [0.2, 0.25) is 5.91 Å². The lowest BCUT2D eigenvalue weighted by atomic mass is 9.87. The highest BCUT2D eigenvalue weighted by atomic mass is 35.5. The molecule has 2 N–H and O–H groups in total. The van der Waals surface area contributed by atoms with Gasteiger partial charge in [-0.3, -0.25) is 10.1 Å². The van der Waals surface area contributed by atoms with Crippen LogP contribution in [-0.2, 0) is 4.79 Å². The Kier molecular flexibility index (Phi) is 4.88. The Morgan fingerprint density at radius 3 is 2.73 bits per heavy atom. The molecule has 0 saturated heterocycles. The Morgan fingerprint density at radius 2 is 2.13 bits per heavy atom. The Hall–Kier alpha value is -0.770. The highest BCUT2D eigenvalue weighted by molar-refractivity contribution is 6.28. The SMILES string of the molecule is CC1CCCC(NC(=O)NC(=O)CCl)C1. The van der Waals surface area contributed by atoms with E-state index in [1.165, 1.54) is 6.42 Å². The molecule has 0 aromatic heterocycles. The molecule has 0 heterocycles. The van der Waals surface area contributed by atoms with Crippen LogP contribution >= 0.6 is 11.6 Å². The van der Waals surface area contributed by atoms with Crippen LogP contribution in [0.15, 0.2) is 0 Å². The fourth-order valence-corrected chi connectivity index (χ4v) is 2.01. The highest BCUT2D eigenvalue weighted by Gasteiger charge is 2.20. The molecule has 0 bridgehead atoms. The average Bonchev–Trinajstić information content (AvgIpc) is 2.17. The lowest BCUT2D eigenvalue weighted by Gasteiger charge is -2.27. The Labute approximate surface area is 94.7 Å². The summed E-state index contributed by atoms with van der Waals surface area (Å²) < 4.78 is 0. The van der Waals surface area contributed by atoms with Gasteiger partial charge in [-0.05, 0) is 18.8 Å². The first-order chi connectivity index (χ1) is 7.11. The molecule has 15 heavy (non-hydrogen) atoms. The summed E-state index contributed by atoms with van der Waals surface area (Å²) in [6.07, 6.45) is 4.34. The van der Waals surface area contributed by atoms with Crippen molar-refractivity contribution < 1.29 is 9.59 Å². The van der Waals surface area contributed by atoms with Gasteiger partial charge in [0.1, 0.15) is 5.88 Å². The molecule has 1 aliphatic rings. The van der Waals surface area contributed by atoms with Crippen LogP contribution in [0, 0.1) is 5.92 Å². The summed E-state index contributed by atoms with van der Waals surface area (Å²) in [6, 6.07) is -0.239. The standard InChI is InChI=1S/C10H17ClN2O2/c1-7-3-2-4-8(5-7)12-10(15)13-9(14)6-11/h7-8H,2-6H2,1H3,(H2,12,13,14,15). The summed E-state index contributed by atoms with van der Waals surface area (Å²) >= 11 is 5.27.